The Hall–Kier alpha value is -1.02. The molecule has 0 aliphatic rings. The van der Waals surface area contributed by atoms with E-state index in [0.29, 0.717) is 0 Å². The van der Waals surface area contributed by atoms with Gasteiger partial charge in [0.2, 0.25) is 0 Å². The fraction of sp³-hybridized carbons (Fsp3) is 0.500. The van der Waals surface area contributed by atoms with Crippen LogP contribution >= 0.6 is 0 Å². The maximum Gasteiger partial charge on any atom is 0.0528 e. The summed E-state index contributed by atoms with van der Waals surface area (Å²) < 4.78 is 0. The number of benzene rings is 1. The topological polar surface area (TPSA) is 32.3 Å². The molecule has 14 heavy (non-hydrogen) atoms. The first-order valence-electron chi connectivity index (χ1n) is 5.08. The minimum Gasteiger partial charge on any atom is -0.393 e. The van der Waals surface area contributed by atoms with Crippen LogP contribution in [-0.2, 0) is 0 Å². The van der Waals surface area contributed by atoms with Crippen molar-refractivity contribution in [3.05, 3.63) is 29.3 Å². The lowest BCUT2D eigenvalue weighted by Gasteiger charge is -2.09. The van der Waals surface area contributed by atoms with E-state index in [1.165, 1.54) is 11.1 Å². The molecule has 0 bridgehead atoms. The zero-order valence-electron chi connectivity index (χ0n) is 9.17. The Labute approximate surface area is 86.0 Å². The molecule has 78 valence electrons. The first-order chi connectivity index (χ1) is 6.58. The summed E-state index contributed by atoms with van der Waals surface area (Å²) in [5.74, 6) is 0. The second kappa shape index (κ2) is 5.01. The minimum absolute atomic E-state index is 0.228. The van der Waals surface area contributed by atoms with Gasteiger partial charge in [-0.05, 0) is 50.5 Å². The quantitative estimate of drug-likeness (QED) is 0.770. The van der Waals surface area contributed by atoms with Gasteiger partial charge in [-0.25, -0.2) is 0 Å². The summed E-state index contributed by atoms with van der Waals surface area (Å²) in [5.41, 5.74) is 3.68. The zero-order chi connectivity index (χ0) is 10.6. The van der Waals surface area contributed by atoms with E-state index >= 15 is 0 Å². The van der Waals surface area contributed by atoms with Crippen molar-refractivity contribution in [2.45, 2.75) is 33.3 Å². The minimum atomic E-state index is -0.228. The third kappa shape index (κ3) is 3.79. The fourth-order valence-electron chi connectivity index (χ4n) is 1.50. The lowest BCUT2D eigenvalue weighted by molar-refractivity contribution is 0.189. The highest BCUT2D eigenvalue weighted by Crippen LogP contribution is 2.13. The average Bonchev–Trinajstić information content (AvgIpc) is 2.01. The van der Waals surface area contributed by atoms with E-state index in [0.717, 1.165) is 18.7 Å². The molecular formula is C12H19NO. The number of aryl methyl sites for hydroxylation is 2. The van der Waals surface area contributed by atoms with Crippen molar-refractivity contribution in [1.82, 2.24) is 0 Å². The molecular weight excluding hydrogens is 174 g/mol. The Morgan fingerprint density at radius 2 is 1.79 bits per heavy atom. The van der Waals surface area contributed by atoms with E-state index in [1.807, 2.05) is 6.92 Å². The summed E-state index contributed by atoms with van der Waals surface area (Å²) in [5, 5.41) is 12.4. The molecule has 1 unspecified atom stereocenters. The van der Waals surface area contributed by atoms with Gasteiger partial charge in [0.15, 0.2) is 0 Å². The third-order valence-corrected chi connectivity index (χ3v) is 2.11. The number of hydrogen-bond acceptors (Lipinski definition) is 2. The van der Waals surface area contributed by atoms with Crippen molar-refractivity contribution >= 4 is 5.69 Å². The third-order valence-electron chi connectivity index (χ3n) is 2.11. The molecule has 0 aromatic heterocycles. The van der Waals surface area contributed by atoms with E-state index in [2.05, 4.69) is 37.4 Å². The monoisotopic (exact) mass is 193 g/mol. The lowest BCUT2D eigenvalue weighted by atomic mass is 10.1. The Balaban J connectivity index is 2.50. The molecule has 2 heteroatoms. The molecule has 1 rings (SSSR count). The number of aliphatic hydroxyl groups is 1. The smallest absolute Gasteiger partial charge is 0.0528 e. The summed E-state index contributed by atoms with van der Waals surface area (Å²) in [6, 6.07) is 6.39. The van der Waals surface area contributed by atoms with Crippen molar-refractivity contribution in [3.63, 3.8) is 0 Å². The molecule has 1 aromatic rings. The summed E-state index contributed by atoms with van der Waals surface area (Å²) in [7, 11) is 0. The number of aliphatic hydroxyl groups excluding tert-OH is 1. The van der Waals surface area contributed by atoms with Crippen molar-refractivity contribution in [2.75, 3.05) is 11.9 Å². The highest BCUT2D eigenvalue weighted by Gasteiger charge is 1.97. The van der Waals surface area contributed by atoms with Gasteiger partial charge in [0.05, 0.1) is 6.10 Å². The summed E-state index contributed by atoms with van der Waals surface area (Å²) >= 11 is 0. The van der Waals surface area contributed by atoms with Gasteiger partial charge in [-0.3, -0.25) is 0 Å². The molecule has 0 radical (unpaired) electrons. The average molecular weight is 193 g/mol. The molecule has 0 heterocycles. The molecule has 0 saturated carbocycles. The Bertz CT molecular complexity index is 274. The molecule has 0 fully saturated rings. The highest BCUT2D eigenvalue weighted by atomic mass is 16.3. The van der Waals surface area contributed by atoms with Crippen LogP contribution in [-0.4, -0.2) is 17.8 Å². The Morgan fingerprint density at radius 1 is 1.21 bits per heavy atom. The van der Waals surface area contributed by atoms with Gasteiger partial charge < -0.3 is 10.4 Å². The molecule has 1 aromatic carbocycles. The van der Waals surface area contributed by atoms with Gasteiger partial charge >= 0.3 is 0 Å². The lowest BCUT2D eigenvalue weighted by Crippen LogP contribution is -2.09. The van der Waals surface area contributed by atoms with Crippen LogP contribution in [0, 0.1) is 13.8 Å². The normalized spacial score (nSPS) is 12.6. The van der Waals surface area contributed by atoms with Gasteiger partial charge in [0.1, 0.15) is 0 Å². The predicted molar refractivity (Wildman–Crippen MR) is 60.7 cm³/mol. The maximum atomic E-state index is 9.10. The standard InChI is InChI=1S/C12H19NO/c1-9-6-10(2)8-12(7-9)13-5-4-11(3)14/h6-8,11,13-14H,4-5H2,1-3H3. The van der Waals surface area contributed by atoms with Gasteiger partial charge in [-0.2, -0.15) is 0 Å². The summed E-state index contributed by atoms with van der Waals surface area (Å²) in [4.78, 5) is 0. The van der Waals surface area contributed by atoms with Crippen LogP contribution in [0.15, 0.2) is 18.2 Å². The predicted octanol–water partition coefficient (Wildman–Crippen LogP) is 2.49. The van der Waals surface area contributed by atoms with Crippen LogP contribution in [0.1, 0.15) is 24.5 Å². The van der Waals surface area contributed by atoms with Crippen molar-refractivity contribution in [1.29, 1.82) is 0 Å². The zero-order valence-corrected chi connectivity index (χ0v) is 9.17. The molecule has 0 saturated heterocycles. The maximum absolute atomic E-state index is 9.10. The van der Waals surface area contributed by atoms with Crippen LogP contribution in [0.2, 0.25) is 0 Å². The van der Waals surface area contributed by atoms with Gasteiger partial charge in [-0.15, -0.1) is 0 Å². The SMILES string of the molecule is Cc1cc(C)cc(NCCC(C)O)c1. The largest absolute Gasteiger partial charge is 0.393 e. The van der Waals surface area contributed by atoms with E-state index in [1.54, 1.807) is 0 Å². The summed E-state index contributed by atoms with van der Waals surface area (Å²) in [6.07, 6.45) is 0.556. The first kappa shape index (κ1) is 11.1. The van der Waals surface area contributed by atoms with Crippen LogP contribution in [0.25, 0.3) is 0 Å². The number of hydrogen-bond donors (Lipinski definition) is 2. The van der Waals surface area contributed by atoms with Gasteiger partial charge in [0, 0.05) is 12.2 Å². The number of anilines is 1. The highest BCUT2D eigenvalue weighted by molar-refractivity contribution is 5.48. The summed E-state index contributed by atoms with van der Waals surface area (Å²) in [6.45, 7) is 6.81. The van der Waals surface area contributed by atoms with Crippen LogP contribution in [0.3, 0.4) is 0 Å². The van der Waals surface area contributed by atoms with Gasteiger partial charge in [0.25, 0.3) is 0 Å². The molecule has 2 nitrogen and oxygen atoms in total. The molecule has 0 aliphatic heterocycles. The Morgan fingerprint density at radius 3 is 2.29 bits per heavy atom. The van der Waals surface area contributed by atoms with E-state index in [-0.39, 0.29) is 6.10 Å². The van der Waals surface area contributed by atoms with Gasteiger partial charge in [-0.1, -0.05) is 6.07 Å². The molecule has 0 amide bonds. The van der Waals surface area contributed by atoms with Crippen LogP contribution < -0.4 is 5.32 Å². The number of rotatable bonds is 4. The van der Waals surface area contributed by atoms with E-state index < -0.39 is 0 Å². The van der Waals surface area contributed by atoms with Crippen molar-refractivity contribution < 1.29 is 5.11 Å². The molecule has 1 atom stereocenters. The molecule has 0 aliphatic carbocycles. The van der Waals surface area contributed by atoms with E-state index in [9.17, 15) is 0 Å². The van der Waals surface area contributed by atoms with Crippen molar-refractivity contribution in [2.24, 2.45) is 0 Å². The second-order valence-electron chi connectivity index (χ2n) is 3.94. The molecule has 2 N–H and O–H groups in total. The number of nitrogens with one attached hydrogen (secondary N) is 1. The molecule has 0 spiro atoms. The Kier molecular flexibility index (Phi) is 3.96. The van der Waals surface area contributed by atoms with Crippen molar-refractivity contribution in [3.8, 4) is 0 Å². The van der Waals surface area contributed by atoms with Crippen LogP contribution in [0.5, 0.6) is 0 Å². The van der Waals surface area contributed by atoms with E-state index in [4.69, 9.17) is 5.11 Å². The second-order valence-corrected chi connectivity index (χ2v) is 3.94. The van der Waals surface area contributed by atoms with Crippen LogP contribution in [0.4, 0.5) is 5.69 Å². The fourth-order valence-corrected chi connectivity index (χ4v) is 1.50. The first-order valence-corrected chi connectivity index (χ1v) is 5.08.